The van der Waals surface area contributed by atoms with Crippen molar-refractivity contribution in [2.75, 3.05) is 0 Å². The van der Waals surface area contributed by atoms with Crippen LogP contribution in [-0.4, -0.2) is 17.2 Å². The minimum Gasteiger partial charge on any atom is -0.479 e. The first-order chi connectivity index (χ1) is 14.6. The van der Waals surface area contributed by atoms with E-state index in [1.165, 1.54) is 6.07 Å². The molecule has 0 saturated carbocycles. The maximum Gasteiger partial charge on any atom is 0.344 e. The summed E-state index contributed by atoms with van der Waals surface area (Å²) in [5.41, 5.74) is 1.82. The minimum absolute atomic E-state index is 0.211. The van der Waals surface area contributed by atoms with E-state index >= 15 is 0 Å². The number of hydrogen-bond donors (Lipinski definition) is 1. The van der Waals surface area contributed by atoms with Gasteiger partial charge in [0.2, 0.25) is 0 Å². The maximum absolute atomic E-state index is 12.6. The molecule has 0 fully saturated rings. The Kier molecular flexibility index (Phi) is 5.61. The van der Waals surface area contributed by atoms with Crippen molar-refractivity contribution in [3.63, 3.8) is 0 Å². The van der Waals surface area contributed by atoms with Crippen LogP contribution in [0.5, 0.6) is 5.75 Å². The number of aryl methyl sites for hydroxylation is 1. The smallest absolute Gasteiger partial charge is 0.344 e. The molecule has 0 bridgehead atoms. The predicted molar refractivity (Wildman–Crippen MR) is 115 cm³/mol. The Balaban J connectivity index is 1.67. The van der Waals surface area contributed by atoms with Gasteiger partial charge in [-0.1, -0.05) is 66.7 Å². The van der Waals surface area contributed by atoms with Crippen LogP contribution in [0.2, 0.25) is 0 Å². The molecule has 5 nitrogen and oxygen atoms in total. The van der Waals surface area contributed by atoms with Gasteiger partial charge in [0.25, 0.3) is 0 Å². The Morgan fingerprint density at radius 2 is 1.63 bits per heavy atom. The molecular weight excluding hydrogens is 380 g/mol. The normalized spacial score (nSPS) is 11.9. The van der Waals surface area contributed by atoms with Crippen LogP contribution in [0, 0.1) is 0 Å². The summed E-state index contributed by atoms with van der Waals surface area (Å²) in [6.07, 6.45) is -0.221. The van der Waals surface area contributed by atoms with Gasteiger partial charge in [0.05, 0.1) is 5.39 Å². The molecule has 150 valence electrons. The van der Waals surface area contributed by atoms with Crippen LogP contribution in [0.4, 0.5) is 0 Å². The lowest BCUT2D eigenvalue weighted by Crippen LogP contribution is -2.27. The predicted octanol–water partition coefficient (Wildman–Crippen LogP) is 4.92. The van der Waals surface area contributed by atoms with Crippen LogP contribution in [0.1, 0.15) is 12.0 Å². The summed E-state index contributed by atoms with van der Waals surface area (Å²) >= 11 is 0. The van der Waals surface area contributed by atoms with Crippen molar-refractivity contribution in [1.82, 2.24) is 0 Å². The van der Waals surface area contributed by atoms with Gasteiger partial charge in [-0.15, -0.1) is 0 Å². The van der Waals surface area contributed by atoms with Gasteiger partial charge >= 0.3 is 5.97 Å². The molecule has 1 aromatic heterocycles. The number of carboxylic acid groups (broad SMARTS) is 1. The summed E-state index contributed by atoms with van der Waals surface area (Å²) in [7, 11) is 0. The molecule has 4 rings (SSSR count). The number of carbonyl (C=O) groups is 1. The summed E-state index contributed by atoms with van der Waals surface area (Å²) < 4.78 is 11.8. The molecule has 1 atom stereocenters. The van der Waals surface area contributed by atoms with Gasteiger partial charge in [0.1, 0.15) is 5.76 Å². The van der Waals surface area contributed by atoms with E-state index in [2.05, 4.69) is 0 Å². The van der Waals surface area contributed by atoms with Crippen molar-refractivity contribution >= 4 is 16.9 Å². The van der Waals surface area contributed by atoms with Crippen LogP contribution in [-0.2, 0) is 11.2 Å². The lowest BCUT2D eigenvalue weighted by Gasteiger charge is -2.16. The molecule has 30 heavy (non-hydrogen) atoms. The molecule has 0 aliphatic heterocycles. The first-order valence-electron chi connectivity index (χ1n) is 9.67. The van der Waals surface area contributed by atoms with Crippen molar-refractivity contribution in [1.29, 1.82) is 0 Å². The highest BCUT2D eigenvalue weighted by Gasteiger charge is 2.22. The van der Waals surface area contributed by atoms with Gasteiger partial charge in [-0.25, -0.2) is 4.79 Å². The molecular formula is C25H20O5. The van der Waals surface area contributed by atoms with Crippen LogP contribution >= 0.6 is 0 Å². The van der Waals surface area contributed by atoms with Crippen LogP contribution in [0.25, 0.3) is 22.3 Å². The van der Waals surface area contributed by atoms with E-state index in [0.29, 0.717) is 24.0 Å². The minimum atomic E-state index is -1.07. The van der Waals surface area contributed by atoms with E-state index in [0.717, 1.165) is 11.1 Å². The van der Waals surface area contributed by atoms with E-state index in [1.807, 2.05) is 60.7 Å². The highest BCUT2D eigenvalue weighted by atomic mass is 16.5. The number of carboxylic acids is 1. The summed E-state index contributed by atoms with van der Waals surface area (Å²) in [6, 6.07) is 25.3. The Bertz CT molecular complexity index is 1210. The van der Waals surface area contributed by atoms with Crippen molar-refractivity contribution in [2.45, 2.75) is 18.9 Å². The molecule has 5 heteroatoms. The fraction of sp³-hybridized carbons (Fsp3) is 0.120. The maximum atomic E-state index is 12.6. The lowest BCUT2D eigenvalue weighted by atomic mass is 10.1. The van der Waals surface area contributed by atoms with Gasteiger partial charge in [0, 0.05) is 11.6 Å². The average molecular weight is 400 g/mol. The number of para-hydroxylation sites is 1. The molecule has 0 radical (unpaired) electrons. The van der Waals surface area contributed by atoms with Gasteiger partial charge in [-0.3, -0.25) is 4.79 Å². The second-order valence-corrected chi connectivity index (χ2v) is 6.94. The van der Waals surface area contributed by atoms with Crippen molar-refractivity contribution in [3.8, 4) is 17.1 Å². The first kappa shape index (κ1) is 19.5. The molecule has 0 amide bonds. The summed E-state index contributed by atoms with van der Waals surface area (Å²) in [4.78, 5) is 24.4. The van der Waals surface area contributed by atoms with Crippen molar-refractivity contribution in [3.05, 3.63) is 101 Å². The zero-order valence-corrected chi connectivity index (χ0v) is 16.2. The van der Waals surface area contributed by atoms with E-state index in [9.17, 15) is 14.7 Å². The second-order valence-electron chi connectivity index (χ2n) is 6.94. The molecule has 0 aliphatic rings. The molecule has 0 spiro atoms. The molecule has 3 aromatic carbocycles. The molecule has 4 aromatic rings. The quantitative estimate of drug-likeness (QED) is 0.476. The fourth-order valence-corrected chi connectivity index (χ4v) is 3.32. The van der Waals surface area contributed by atoms with E-state index in [4.69, 9.17) is 9.15 Å². The number of aliphatic carboxylic acids is 1. The largest absolute Gasteiger partial charge is 0.479 e. The first-order valence-corrected chi connectivity index (χ1v) is 9.67. The zero-order chi connectivity index (χ0) is 20.9. The molecule has 0 saturated heterocycles. The van der Waals surface area contributed by atoms with E-state index in [1.54, 1.807) is 18.2 Å². The van der Waals surface area contributed by atoms with Crippen molar-refractivity contribution in [2.24, 2.45) is 0 Å². The SMILES string of the molecule is O=C(O)C(CCc1ccccc1)Oc1cccc2c(=O)cc(-c3ccccc3)oc12. The molecule has 1 N–H and O–H groups in total. The zero-order valence-electron chi connectivity index (χ0n) is 16.2. The Morgan fingerprint density at radius 3 is 2.33 bits per heavy atom. The van der Waals surface area contributed by atoms with Crippen molar-refractivity contribution < 1.29 is 19.1 Å². The van der Waals surface area contributed by atoms with Crippen LogP contribution in [0.3, 0.4) is 0 Å². The monoisotopic (exact) mass is 400 g/mol. The Labute approximate surface area is 173 Å². The average Bonchev–Trinajstić information content (AvgIpc) is 2.78. The molecule has 1 unspecified atom stereocenters. The highest BCUT2D eigenvalue weighted by molar-refractivity contribution is 5.84. The number of rotatable bonds is 7. The fourth-order valence-electron chi connectivity index (χ4n) is 3.32. The number of hydrogen-bond acceptors (Lipinski definition) is 4. The third-order valence-electron chi connectivity index (χ3n) is 4.86. The lowest BCUT2D eigenvalue weighted by molar-refractivity contribution is -0.145. The van der Waals surface area contributed by atoms with Crippen LogP contribution < -0.4 is 10.2 Å². The van der Waals surface area contributed by atoms with E-state index in [-0.39, 0.29) is 16.8 Å². The highest BCUT2D eigenvalue weighted by Crippen LogP contribution is 2.29. The summed E-state index contributed by atoms with van der Waals surface area (Å²) in [5, 5.41) is 10.0. The summed E-state index contributed by atoms with van der Waals surface area (Å²) in [6.45, 7) is 0. The number of ether oxygens (including phenoxy) is 1. The number of fused-ring (bicyclic) bond motifs is 1. The van der Waals surface area contributed by atoms with Gasteiger partial charge in [0.15, 0.2) is 22.9 Å². The number of benzene rings is 3. The van der Waals surface area contributed by atoms with E-state index < -0.39 is 12.1 Å². The summed E-state index contributed by atoms with van der Waals surface area (Å²) in [5.74, 6) is -0.423. The molecule has 1 heterocycles. The second kappa shape index (κ2) is 8.66. The topological polar surface area (TPSA) is 76.7 Å². The third-order valence-corrected chi connectivity index (χ3v) is 4.86. The van der Waals surface area contributed by atoms with Gasteiger partial charge in [-0.05, 0) is 30.5 Å². The molecule has 0 aliphatic carbocycles. The Hall–Kier alpha value is -3.86. The standard InChI is InChI=1S/C25H20O5/c26-20-16-23(18-10-5-2-6-11-18)30-24-19(20)12-7-13-21(24)29-22(25(27)28)15-14-17-8-3-1-4-9-17/h1-13,16,22H,14-15H2,(H,27,28). The third kappa shape index (κ3) is 4.25. The van der Waals surface area contributed by atoms with Gasteiger partial charge < -0.3 is 14.3 Å². The Morgan fingerprint density at radius 1 is 0.933 bits per heavy atom. The van der Waals surface area contributed by atoms with Gasteiger partial charge in [-0.2, -0.15) is 0 Å². The van der Waals surface area contributed by atoms with Crippen LogP contribution in [0.15, 0.2) is 94.1 Å².